The first kappa shape index (κ1) is 15.4. The molecule has 0 saturated heterocycles. The molecule has 6 heteroatoms. The van der Waals surface area contributed by atoms with Gasteiger partial charge in [-0.15, -0.1) is 0 Å². The maximum atomic E-state index is 13.7. The van der Waals surface area contributed by atoms with Crippen molar-refractivity contribution in [3.8, 4) is 5.75 Å². The predicted molar refractivity (Wildman–Crippen MR) is 73.8 cm³/mol. The van der Waals surface area contributed by atoms with Crippen molar-refractivity contribution >= 4 is 0 Å². The number of hydrogen-bond acceptors (Lipinski definition) is 3. The van der Waals surface area contributed by atoms with Gasteiger partial charge in [0, 0.05) is 12.2 Å². The minimum Gasteiger partial charge on any atom is -0.481 e. The first-order valence-electron chi connectivity index (χ1n) is 6.80. The molecule has 0 aliphatic carbocycles. The molecule has 2 aromatic rings. The van der Waals surface area contributed by atoms with Crippen molar-refractivity contribution < 1.29 is 18.6 Å². The van der Waals surface area contributed by atoms with Gasteiger partial charge < -0.3 is 9.84 Å². The second kappa shape index (κ2) is 6.67. The molecule has 1 N–H and O–H groups in total. The molecule has 4 nitrogen and oxygen atoms in total. The van der Waals surface area contributed by atoms with Gasteiger partial charge in [0.15, 0.2) is 17.4 Å². The van der Waals surface area contributed by atoms with E-state index >= 15 is 0 Å². The van der Waals surface area contributed by atoms with Gasteiger partial charge >= 0.3 is 0 Å². The number of hydrogen-bond donors (Lipinski definition) is 1. The van der Waals surface area contributed by atoms with Gasteiger partial charge in [-0.1, -0.05) is 6.92 Å². The van der Waals surface area contributed by atoms with Gasteiger partial charge in [-0.25, -0.2) is 8.78 Å². The molecule has 21 heavy (non-hydrogen) atoms. The summed E-state index contributed by atoms with van der Waals surface area (Å²) in [7, 11) is 0. The van der Waals surface area contributed by atoms with Crippen LogP contribution in [0.3, 0.4) is 0 Å². The SMILES string of the molecule is CCC(C)n1ccc(COc2c(F)cc(CO)cc2F)n1. The predicted octanol–water partition coefficient (Wildman–Crippen LogP) is 3.20. The Morgan fingerprint density at radius 3 is 2.57 bits per heavy atom. The fourth-order valence-electron chi connectivity index (χ4n) is 1.87. The van der Waals surface area contributed by atoms with Crippen molar-refractivity contribution in [3.63, 3.8) is 0 Å². The summed E-state index contributed by atoms with van der Waals surface area (Å²) < 4.78 is 34.3. The Morgan fingerprint density at radius 2 is 2.00 bits per heavy atom. The number of benzene rings is 1. The summed E-state index contributed by atoms with van der Waals surface area (Å²) >= 11 is 0. The summed E-state index contributed by atoms with van der Waals surface area (Å²) in [6, 6.07) is 4.12. The summed E-state index contributed by atoms with van der Waals surface area (Å²) in [6.45, 7) is 3.64. The Kier molecular flexibility index (Phi) is 4.90. The molecule has 0 spiro atoms. The monoisotopic (exact) mass is 296 g/mol. The van der Waals surface area contributed by atoms with Crippen molar-refractivity contribution in [2.75, 3.05) is 0 Å². The average molecular weight is 296 g/mol. The van der Waals surface area contributed by atoms with Crippen LogP contribution in [0.5, 0.6) is 5.75 Å². The van der Waals surface area contributed by atoms with Gasteiger partial charge in [-0.2, -0.15) is 5.10 Å². The fraction of sp³-hybridized carbons (Fsp3) is 0.400. The van der Waals surface area contributed by atoms with Crippen LogP contribution in [0.25, 0.3) is 0 Å². The van der Waals surface area contributed by atoms with Crippen molar-refractivity contribution in [2.45, 2.75) is 39.5 Å². The van der Waals surface area contributed by atoms with Crippen LogP contribution in [0.2, 0.25) is 0 Å². The van der Waals surface area contributed by atoms with E-state index in [9.17, 15) is 8.78 Å². The maximum absolute atomic E-state index is 13.7. The van der Waals surface area contributed by atoms with Crippen LogP contribution >= 0.6 is 0 Å². The maximum Gasteiger partial charge on any atom is 0.191 e. The van der Waals surface area contributed by atoms with E-state index in [0.717, 1.165) is 18.6 Å². The van der Waals surface area contributed by atoms with Crippen LogP contribution in [0.1, 0.15) is 37.6 Å². The van der Waals surface area contributed by atoms with Crippen LogP contribution in [0.15, 0.2) is 24.4 Å². The molecule has 1 aromatic carbocycles. The Bertz CT molecular complexity index is 590. The van der Waals surface area contributed by atoms with Crippen LogP contribution in [-0.4, -0.2) is 14.9 Å². The highest BCUT2D eigenvalue weighted by atomic mass is 19.1. The van der Waals surface area contributed by atoms with E-state index in [-0.39, 0.29) is 18.2 Å². The van der Waals surface area contributed by atoms with Gasteiger partial charge in [-0.05, 0) is 37.1 Å². The quantitative estimate of drug-likeness (QED) is 0.890. The summed E-state index contributed by atoms with van der Waals surface area (Å²) in [5, 5.41) is 13.2. The van der Waals surface area contributed by atoms with E-state index in [1.165, 1.54) is 0 Å². The number of aromatic nitrogens is 2. The second-order valence-electron chi connectivity index (χ2n) is 4.88. The highest BCUT2D eigenvalue weighted by Gasteiger charge is 2.13. The third kappa shape index (κ3) is 3.58. The van der Waals surface area contributed by atoms with E-state index in [2.05, 4.69) is 12.0 Å². The molecule has 0 radical (unpaired) electrons. The Hall–Kier alpha value is -1.95. The molecular weight excluding hydrogens is 278 g/mol. The topological polar surface area (TPSA) is 47.3 Å². The normalized spacial score (nSPS) is 12.4. The van der Waals surface area contributed by atoms with Gasteiger partial charge in [0.25, 0.3) is 0 Å². The number of rotatable bonds is 6. The molecule has 0 amide bonds. The van der Waals surface area contributed by atoms with Crippen molar-refractivity contribution in [3.05, 3.63) is 47.3 Å². The lowest BCUT2D eigenvalue weighted by Gasteiger charge is -2.09. The molecule has 1 atom stereocenters. The third-order valence-electron chi connectivity index (χ3n) is 3.31. The number of aliphatic hydroxyl groups is 1. The van der Waals surface area contributed by atoms with Crippen molar-refractivity contribution in [1.29, 1.82) is 0 Å². The standard InChI is InChI=1S/C15H18F2N2O2/c1-3-10(2)19-5-4-12(18-19)9-21-15-13(16)6-11(8-20)7-14(15)17/h4-7,10,20H,3,8-9H2,1-2H3. The highest BCUT2D eigenvalue weighted by Crippen LogP contribution is 2.24. The smallest absolute Gasteiger partial charge is 0.191 e. The minimum absolute atomic E-state index is 0.0181. The van der Waals surface area contributed by atoms with E-state index in [4.69, 9.17) is 9.84 Å². The molecular formula is C15H18F2N2O2. The molecule has 0 fully saturated rings. The van der Waals surface area contributed by atoms with Gasteiger partial charge in [0.1, 0.15) is 6.61 Å². The summed E-state index contributed by atoms with van der Waals surface area (Å²) in [5.74, 6) is -2.12. The van der Waals surface area contributed by atoms with Crippen LogP contribution in [0, 0.1) is 11.6 Å². The molecule has 1 heterocycles. The van der Waals surface area contributed by atoms with E-state index in [1.54, 1.807) is 10.7 Å². The second-order valence-corrected chi connectivity index (χ2v) is 4.88. The summed E-state index contributed by atoms with van der Waals surface area (Å²) in [5.41, 5.74) is 0.763. The van der Waals surface area contributed by atoms with Gasteiger partial charge in [0.05, 0.1) is 12.3 Å². The first-order chi connectivity index (χ1) is 10.0. The molecule has 0 aliphatic heterocycles. The molecule has 0 bridgehead atoms. The number of aliphatic hydroxyl groups excluding tert-OH is 1. The minimum atomic E-state index is -0.833. The molecule has 1 unspecified atom stereocenters. The zero-order valence-corrected chi connectivity index (χ0v) is 12.0. The first-order valence-corrected chi connectivity index (χ1v) is 6.80. The lowest BCUT2D eigenvalue weighted by Crippen LogP contribution is -2.06. The zero-order valence-electron chi connectivity index (χ0n) is 12.0. The Balaban J connectivity index is 2.08. The lowest BCUT2D eigenvalue weighted by atomic mass is 10.2. The van der Waals surface area contributed by atoms with E-state index in [0.29, 0.717) is 5.69 Å². The lowest BCUT2D eigenvalue weighted by molar-refractivity contribution is 0.262. The van der Waals surface area contributed by atoms with Gasteiger partial charge in [-0.3, -0.25) is 4.68 Å². The number of halogens is 2. The Morgan fingerprint density at radius 1 is 1.33 bits per heavy atom. The van der Waals surface area contributed by atoms with E-state index in [1.807, 2.05) is 13.1 Å². The number of ether oxygens (including phenoxy) is 1. The van der Waals surface area contributed by atoms with Crippen LogP contribution in [0.4, 0.5) is 8.78 Å². The molecule has 2 rings (SSSR count). The molecule has 0 saturated carbocycles. The van der Waals surface area contributed by atoms with Gasteiger partial charge in [0.2, 0.25) is 0 Å². The van der Waals surface area contributed by atoms with Crippen molar-refractivity contribution in [2.24, 2.45) is 0 Å². The van der Waals surface area contributed by atoms with Crippen LogP contribution in [-0.2, 0) is 13.2 Å². The molecule has 114 valence electrons. The summed E-state index contributed by atoms with van der Waals surface area (Å²) in [4.78, 5) is 0. The fourth-order valence-corrected chi connectivity index (χ4v) is 1.87. The van der Waals surface area contributed by atoms with Crippen LogP contribution < -0.4 is 4.74 Å². The van der Waals surface area contributed by atoms with Crippen molar-refractivity contribution in [1.82, 2.24) is 9.78 Å². The third-order valence-corrected chi connectivity index (χ3v) is 3.31. The molecule has 1 aromatic heterocycles. The zero-order chi connectivity index (χ0) is 15.4. The molecule has 0 aliphatic rings. The van der Waals surface area contributed by atoms with E-state index < -0.39 is 24.0 Å². The summed E-state index contributed by atoms with van der Waals surface area (Å²) in [6.07, 6.45) is 2.75. The number of nitrogens with zero attached hydrogens (tertiary/aromatic N) is 2. The average Bonchev–Trinajstić information content (AvgIpc) is 2.94. The highest BCUT2D eigenvalue weighted by molar-refractivity contribution is 5.31. The largest absolute Gasteiger partial charge is 0.481 e. The Labute approximate surface area is 122 Å².